The number of nitrogens with two attached hydrogens (primary N) is 1. The fourth-order valence-corrected chi connectivity index (χ4v) is 2.49. The van der Waals surface area contributed by atoms with E-state index in [4.69, 9.17) is 22.1 Å². The molecule has 0 radical (unpaired) electrons. The predicted octanol–water partition coefficient (Wildman–Crippen LogP) is 2.92. The molecule has 0 bridgehead atoms. The third kappa shape index (κ3) is 3.61. The molecule has 18 heavy (non-hydrogen) atoms. The first-order valence-electron chi connectivity index (χ1n) is 6.57. The molecule has 1 aromatic rings. The average molecular weight is 269 g/mol. The van der Waals surface area contributed by atoms with Gasteiger partial charge in [-0.05, 0) is 30.5 Å². The van der Waals surface area contributed by atoms with Crippen molar-refractivity contribution in [3.63, 3.8) is 0 Å². The number of rotatable bonds is 3. The minimum Gasteiger partial charge on any atom is -0.398 e. The van der Waals surface area contributed by atoms with Crippen molar-refractivity contribution in [2.24, 2.45) is 0 Å². The van der Waals surface area contributed by atoms with Crippen molar-refractivity contribution in [1.29, 1.82) is 0 Å². The molecule has 0 amide bonds. The van der Waals surface area contributed by atoms with Crippen LogP contribution in [0, 0.1) is 0 Å². The molecule has 1 aliphatic heterocycles. The Balaban J connectivity index is 2.00. The molecule has 1 heterocycles. The highest BCUT2D eigenvalue weighted by Gasteiger charge is 2.17. The van der Waals surface area contributed by atoms with Crippen molar-refractivity contribution < 1.29 is 4.74 Å². The van der Waals surface area contributed by atoms with Gasteiger partial charge in [-0.15, -0.1) is 0 Å². The fraction of sp³-hybridized carbons (Fsp3) is 0.571. The van der Waals surface area contributed by atoms with E-state index in [0.717, 1.165) is 39.1 Å². The molecule has 1 aliphatic rings. The summed E-state index contributed by atoms with van der Waals surface area (Å²) in [6.45, 7) is 6.04. The van der Waals surface area contributed by atoms with Gasteiger partial charge in [-0.3, -0.25) is 4.90 Å². The Morgan fingerprint density at radius 1 is 1.50 bits per heavy atom. The van der Waals surface area contributed by atoms with Crippen LogP contribution < -0.4 is 5.73 Å². The van der Waals surface area contributed by atoms with Gasteiger partial charge < -0.3 is 10.5 Å². The van der Waals surface area contributed by atoms with Crippen molar-refractivity contribution >= 4 is 17.3 Å². The lowest BCUT2D eigenvalue weighted by molar-refractivity contribution is 0.0510. The monoisotopic (exact) mass is 268 g/mol. The number of hydrogen-bond acceptors (Lipinski definition) is 3. The molecule has 0 aliphatic carbocycles. The van der Waals surface area contributed by atoms with Crippen LogP contribution in [-0.4, -0.2) is 30.7 Å². The zero-order valence-electron chi connectivity index (χ0n) is 10.9. The second kappa shape index (κ2) is 6.41. The van der Waals surface area contributed by atoms with E-state index >= 15 is 0 Å². The molecular weight excluding hydrogens is 248 g/mol. The van der Waals surface area contributed by atoms with Gasteiger partial charge >= 0.3 is 0 Å². The van der Waals surface area contributed by atoms with Crippen molar-refractivity contribution in [3.05, 3.63) is 28.8 Å². The van der Waals surface area contributed by atoms with Gasteiger partial charge in [0.05, 0.1) is 16.8 Å². The number of nitrogens with zero attached hydrogens (tertiary/aromatic N) is 1. The van der Waals surface area contributed by atoms with Gasteiger partial charge in [-0.25, -0.2) is 0 Å². The molecule has 1 saturated heterocycles. The van der Waals surface area contributed by atoms with Crippen molar-refractivity contribution in [3.8, 4) is 0 Å². The summed E-state index contributed by atoms with van der Waals surface area (Å²) in [4.78, 5) is 2.43. The first kappa shape index (κ1) is 13.7. The topological polar surface area (TPSA) is 38.5 Å². The third-order valence-electron chi connectivity index (χ3n) is 3.36. The molecule has 1 atom stereocenters. The second-order valence-corrected chi connectivity index (χ2v) is 5.25. The van der Waals surface area contributed by atoms with Crippen LogP contribution in [0.15, 0.2) is 18.2 Å². The largest absolute Gasteiger partial charge is 0.398 e. The summed E-state index contributed by atoms with van der Waals surface area (Å²) in [5.74, 6) is 0. The van der Waals surface area contributed by atoms with Gasteiger partial charge in [0.15, 0.2) is 0 Å². The third-order valence-corrected chi connectivity index (χ3v) is 3.69. The maximum absolute atomic E-state index is 6.05. The molecule has 1 fully saturated rings. The van der Waals surface area contributed by atoms with Gasteiger partial charge in [0.1, 0.15) is 0 Å². The summed E-state index contributed by atoms with van der Waals surface area (Å²) in [6, 6.07) is 5.89. The highest BCUT2D eigenvalue weighted by atomic mass is 35.5. The van der Waals surface area contributed by atoms with Crippen LogP contribution in [0.4, 0.5) is 5.69 Å². The summed E-state index contributed by atoms with van der Waals surface area (Å²) < 4.78 is 5.78. The van der Waals surface area contributed by atoms with Gasteiger partial charge in [0, 0.05) is 26.2 Å². The van der Waals surface area contributed by atoms with Crippen molar-refractivity contribution in [2.75, 3.05) is 25.4 Å². The van der Waals surface area contributed by atoms with Gasteiger partial charge in [-0.1, -0.05) is 24.6 Å². The molecular formula is C14H21ClN2O. The minimum absolute atomic E-state index is 0.358. The molecule has 100 valence electrons. The van der Waals surface area contributed by atoms with E-state index in [1.165, 1.54) is 5.56 Å². The highest BCUT2D eigenvalue weighted by molar-refractivity contribution is 6.33. The average Bonchev–Trinajstić information content (AvgIpc) is 2.59. The first-order chi connectivity index (χ1) is 8.69. The minimum atomic E-state index is 0.358. The molecule has 1 unspecified atom stereocenters. The number of ether oxygens (including phenoxy) is 1. The van der Waals surface area contributed by atoms with Crippen LogP contribution >= 0.6 is 11.6 Å². The number of anilines is 1. The Labute approximate surface area is 114 Å². The maximum atomic E-state index is 6.05. The second-order valence-electron chi connectivity index (χ2n) is 4.85. The molecule has 2 rings (SSSR count). The van der Waals surface area contributed by atoms with E-state index in [-0.39, 0.29) is 0 Å². The van der Waals surface area contributed by atoms with Gasteiger partial charge in [0.2, 0.25) is 0 Å². The molecule has 4 heteroatoms. The highest BCUT2D eigenvalue weighted by Crippen LogP contribution is 2.21. The van der Waals surface area contributed by atoms with Gasteiger partial charge in [-0.2, -0.15) is 0 Å². The molecule has 1 aromatic carbocycles. The summed E-state index contributed by atoms with van der Waals surface area (Å²) in [5.41, 5.74) is 7.58. The molecule has 3 nitrogen and oxygen atoms in total. The number of halogens is 1. The smallest absolute Gasteiger partial charge is 0.0699 e. The lowest BCUT2D eigenvalue weighted by Gasteiger charge is -2.23. The molecule has 2 N–H and O–H groups in total. The van der Waals surface area contributed by atoms with Crippen molar-refractivity contribution in [1.82, 2.24) is 4.90 Å². The van der Waals surface area contributed by atoms with E-state index in [1.807, 2.05) is 18.2 Å². The van der Waals surface area contributed by atoms with Gasteiger partial charge in [0.25, 0.3) is 0 Å². The van der Waals surface area contributed by atoms with E-state index in [1.54, 1.807) is 0 Å². The van der Waals surface area contributed by atoms with E-state index < -0.39 is 0 Å². The summed E-state index contributed by atoms with van der Waals surface area (Å²) in [6.07, 6.45) is 2.52. The fourth-order valence-electron chi connectivity index (χ4n) is 2.29. The Hall–Kier alpha value is -0.770. The number of benzene rings is 1. The van der Waals surface area contributed by atoms with Crippen molar-refractivity contribution in [2.45, 2.75) is 32.4 Å². The van der Waals surface area contributed by atoms with Crippen LogP contribution in [0.2, 0.25) is 5.02 Å². The van der Waals surface area contributed by atoms with Crippen LogP contribution in [0.3, 0.4) is 0 Å². The maximum Gasteiger partial charge on any atom is 0.0699 e. The normalized spacial score (nSPS) is 21.8. The first-order valence-corrected chi connectivity index (χ1v) is 6.94. The van der Waals surface area contributed by atoms with Crippen LogP contribution in [0.1, 0.15) is 25.3 Å². The van der Waals surface area contributed by atoms with E-state index in [0.29, 0.717) is 16.8 Å². The van der Waals surface area contributed by atoms with Crippen LogP contribution in [0.5, 0.6) is 0 Å². The Bertz CT molecular complexity index is 397. The molecule has 0 saturated carbocycles. The molecule has 0 spiro atoms. The molecule has 0 aromatic heterocycles. The summed E-state index contributed by atoms with van der Waals surface area (Å²) in [5, 5.41) is 0.644. The van der Waals surface area contributed by atoms with Crippen LogP contribution in [-0.2, 0) is 11.3 Å². The standard InChI is InChI=1S/C14H21ClN2O/c1-2-12-10-17(6-3-7-18-12)9-11-4-5-14(16)13(15)8-11/h4-5,8,12H,2-3,6-7,9-10,16H2,1H3. The van der Waals surface area contributed by atoms with E-state index in [9.17, 15) is 0 Å². The zero-order valence-corrected chi connectivity index (χ0v) is 11.6. The Morgan fingerprint density at radius 3 is 3.06 bits per heavy atom. The SMILES string of the molecule is CCC1CN(Cc2ccc(N)c(Cl)c2)CCCO1. The van der Waals surface area contributed by atoms with Crippen LogP contribution in [0.25, 0.3) is 0 Å². The lowest BCUT2D eigenvalue weighted by Crippen LogP contribution is -2.31. The number of nitrogen functional groups attached to an aromatic ring is 1. The Kier molecular flexibility index (Phi) is 4.87. The summed E-state index contributed by atoms with van der Waals surface area (Å²) in [7, 11) is 0. The Morgan fingerprint density at radius 2 is 2.33 bits per heavy atom. The lowest BCUT2D eigenvalue weighted by atomic mass is 10.1. The summed E-state index contributed by atoms with van der Waals surface area (Å²) >= 11 is 6.05. The van der Waals surface area contributed by atoms with E-state index in [2.05, 4.69) is 11.8 Å². The number of hydrogen-bond donors (Lipinski definition) is 1. The predicted molar refractivity (Wildman–Crippen MR) is 75.8 cm³/mol. The quantitative estimate of drug-likeness (QED) is 0.857. The zero-order chi connectivity index (χ0) is 13.0.